The molecule has 130 valence electrons. The van der Waals surface area contributed by atoms with Crippen LogP contribution in [0.4, 0.5) is 4.79 Å². The minimum atomic E-state index is -0.645. The standard InChI is InChI=1S/C16H25NO6/c1-6-16(4,5)23-15(20)17-8-7-12(9-17)22-13(18)10-21-14(19)11(2)3/h12H,2,6-10H2,1,3-5H3. The van der Waals surface area contributed by atoms with Crippen LogP contribution >= 0.6 is 0 Å². The molecule has 1 unspecified atom stereocenters. The Morgan fingerprint density at radius 3 is 2.52 bits per heavy atom. The van der Waals surface area contributed by atoms with Gasteiger partial charge in [0.05, 0.1) is 6.54 Å². The fourth-order valence-corrected chi connectivity index (χ4v) is 1.83. The molecule has 0 radical (unpaired) electrons. The van der Waals surface area contributed by atoms with Crippen molar-refractivity contribution >= 4 is 18.0 Å². The highest BCUT2D eigenvalue weighted by Crippen LogP contribution is 2.19. The molecule has 0 N–H and O–H groups in total. The Morgan fingerprint density at radius 1 is 1.30 bits per heavy atom. The van der Waals surface area contributed by atoms with Gasteiger partial charge in [0.1, 0.15) is 11.7 Å². The number of ether oxygens (including phenoxy) is 3. The molecule has 1 aliphatic heterocycles. The van der Waals surface area contributed by atoms with Crippen LogP contribution in [-0.2, 0) is 23.8 Å². The summed E-state index contributed by atoms with van der Waals surface area (Å²) in [6, 6.07) is 0. The van der Waals surface area contributed by atoms with Crippen LogP contribution in [0.5, 0.6) is 0 Å². The Balaban J connectivity index is 2.37. The molecular weight excluding hydrogens is 302 g/mol. The molecule has 0 spiro atoms. The lowest BCUT2D eigenvalue weighted by Crippen LogP contribution is -2.37. The quantitative estimate of drug-likeness (QED) is 0.422. The first kappa shape index (κ1) is 19.0. The van der Waals surface area contributed by atoms with E-state index in [1.165, 1.54) is 11.8 Å². The maximum absolute atomic E-state index is 12.0. The molecular formula is C16H25NO6. The maximum atomic E-state index is 12.0. The van der Waals surface area contributed by atoms with Crippen molar-refractivity contribution in [2.45, 2.75) is 52.2 Å². The molecule has 0 aromatic carbocycles. The number of esters is 2. The highest BCUT2D eigenvalue weighted by molar-refractivity contribution is 5.88. The second-order valence-corrected chi connectivity index (χ2v) is 6.18. The van der Waals surface area contributed by atoms with E-state index in [9.17, 15) is 14.4 Å². The molecule has 0 aliphatic carbocycles. The molecule has 1 saturated heterocycles. The highest BCUT2D eigenvalue weighted by Gasteiger charge is 2.32. The summed E-state index contributed by atoms with van der Waals surface area (Å²) >= 11 is 0. The first-order valence-electron chi connectivity index (χ1n) is 7.64. The van der Waals surface area contributed by atoms with E-state index in [2.05, 4.69) is 6.58 Å². The molecule has 0 bridgehead atoms. The van der Waals surface area contributed by atoms with Crippen LogP contribution in [0.15, 0.2) is 12.2 Å². The van der Waals surface area contributed by atoms with E-state index in [0.29, 0.717) is 19.4 Å². The SMILES string of the molecule is C=C(C)C(=O)OCC(=O)OC1CCN(C(=O)OC(C)(C)CC)C1. The van der Waals surface area contributed by atoms with E-state index in [0.717, 1.165) is 0 Å². The zero-order valence-electron chi connectivity index (χ0n) is 14.2. The molecule has 7 heteroatoms. The van der Waals surface area contributed by atoms with Gasteiger partial charge in [-0.2, -0.15) is 0 Å². The summed E-state index contributed by atoms with van der Waals surface area (Å²) in [7, 11) is 0. The van der Waals surface area contributed by atoms with Gasteiger partial charge in [-0.1, -0.05) is 13.5 Å². The summed E-state index contributed by atoms with van der Waals surface area (Å²) < 4.78 is 15.3. The van der Waals surface area contributed by atoms with Crippen LogP contribution in [0.25, 0.3) is 0 Å². The third kappa shape index (κ3) is 6.30. The number of carbonyl (C=O) groups is 3. The molecule has 7 nitrogen and oxygen atoms in total. The minimum absolute atomic E-state index is 0.214. The zero-order chi connectivity index (χ0) is 17.6. The van der Waals surface area contributed by atoms with Crippen molar-refractivity contribution in [3.05, 3.63) is 12.2 Å². The molecule has 1 fully saturated rings. The predicted octanol–water partition coefficient (Wildman–Crippen LogP) is 2.05. The van der Waals surface area contributed by atoms with E-state index in [-0.39, 0.29) is 12.1 Å². The van der Waals surface area contributed by atoms with E-state index in [4.69, 9.17) is 14.2 Å². The van der Waals surface area contributed by atoms with Gasteiger partial charge in [-0.3, -0.25) is 0 Å². The molecule has 0 saturated carbocycles. The van der Waals surface area contributed by atoms with Gasteiger partial charge in [-0.05, 0) is 27.2 Å². The van der Waals surface area contributed by atoms with E-state index < -0.39 is 36.3 Å². The van der Waals surface area contributed by atoms with Crippen LogP contribution in [0.2, 0.25) is 0 Å². The number of nitrogens with zero attached hydrogens (tertiary/aromatic N) is 1. The average Bonchev–Trinajstić information content (AvgIpc) is 2.92. The van der Waals surface area contributed by atoms with Crippen molar-refractivity contribution in [1.82, 2.24) is 4.90 Å². The number of carbonyl (C=O) groups excluding carboxylic acids is 3. The van der Waals surface area contributed by atoms with Crippen molar-refractivity contribution in [1.29, 1.82) is 0 Å². The Kier molecular flexibility index (Phi) is 6.60. The first-order chi connectivity index (χ1) is 10.6. The topological polar surface area (TPSA) is 82.1 Å². The molecule has 0 aromatic rings. The summed E-state index contributed by atoms with van der Waals surface area (Å²) in [5.74, 6) is -1.28. The number of likely N-dealkylation sites (tertiary alicyclic amines) is 1. The van der Waals surface area contributed by atoms with Crippen molar-refractivity contribution in [3.8, 4) is 0 Å². The van der Waals surface area contributed by atoms with Crippen LogP contribution in [0.3, 0.4) is 0 Å². The number of hydrogen-bond acceptors (Lipinski definition) is 6. The van der Waals surface area contributed by atoms with Gasteiger partial charge in [0.2, 0.25) is 0 Å². The van der Waals surface area contributed by atoms with Gasteiger partial charge < -0.3 is 19.1 Å². The lowest BCUT2D eigenvalue weighted by atomic mass is 10.1. The lowest BCUT2D eigenvalue weighted by molar-refractivity contribution is -0.160. The van der Waals surface area contributed by atoms with Gasteiger partial charge in [-0.25, -0.2) is 14.4 Å². The summed E-state index contributed by atoms with van der Waals surface area (Å²) in [6.45, 7) is 10.8. The molecule has 23 heavy (non-hydrogen) atoms. The molecule has 1 rings (SSSR count). The normalized spacial score (nSPS) is 17.6. The summed E-state index contributed by atoms with van der Waals surface area (Å²) in [5, 5.41) is 0. The van der Waals surface area contributed by atoms with Crippen molar-refractivity contribution in [2.24, 2.45) is 0 Å². The Bertz CT molecular complexity index is 485. The Morgan fingerprint density at radius 2 is 1.96 bits per heavy atom. The van der Waals surface area contributed by atoms with Gasteiger partial charge in [0.25, 0.3) is 0 Å². The summed E-state index contributed by atoms with van der Waals surface area (Å²) in [4.78, 5) is 36.3. The van der Waals surface area contributed by atoms with Gasteiger partial charge >= 0.3 is 18.0 Å². The third-order valence-electron chi connectivity index (χ3n) is 3.59. The van der Waals surface area contributed by atoms with Crippen LogP contribution in [-0.4, -0.2) is 54.3 Å². The Hall–Kier alpha value is -2.05. The van der Waals surface area contributed by atoms with Crippen molar-refractivity contribution in [2.75, 3.05) is 19.7 Å². The highest BCUT2D eigenvalue weighted by atomic mass is 16.6. The number of amides is 1. The van der Waals surface area contributed by atoms with Gasteiger partial charge in [-0.15, -0.1) is 0 Å². The van der Waals surface area contributed by atoms with Gasteiger partial charge in [0, 0.05) is 18.5 Å². The summed E-state index contributed by atoms with van der Waals surface area (Å²) in [5.41, 5.74) is -0.311. The van der Waals surface area contributed by atoms with Gasteiger partial charge in [0.15, 0.2) is 6.61 Å². The smallest absolute Gasteiger partial charge is 0.410 e. The van der Waals surface area contributed by atoms with E-state index in [1.807, 2.05) is 20.8 Å². The zero-order valence-corrected chi connectivity index (χ0v) is 14.2. The minimum Gasteiger partial charge on any atom is -0.458 e. The molecule has 1 atom stereocenters. The lowest BCUT2D eigenvalue weighted by Gasteiger charge is -2.26. The Labute approximate surface area is 136 Å². The average molecular weight is 327 g/mol. The molecule has 1 heterocycles. The fraction of sp³-hybridized carbons (Fsp3) is 0.688. The third-order valence-corrected chi connectivity index (χ3v) is 3.59. The number of rotatable bonds is 6. The predicted molar refractivity (Wildman–Crippen MR) is 82.7 cm³/mol. The van der Waals surface area contributed by atoms with Crippen molar-refractivity contribution in [3.63, 3.8) is 0 Å². The van der Waals surface area contributed by atoms with E-state index >= 15 is 0 Å². The summed E-state index contributed by atoms with van der Waals surface area (Å²) in [6.07, 6.45) is 0.411. The second-order valence-electron chi connectivity index (χ2n) is 6.18. The molecule has 1 aliphatic rings. The first-order valence-corrected chi connectivity index (χ1v) is 7.64. The van der Waals surface area contributed by atoms with Crippen LogP contribution < -0.4 is 0 Å². The number of hydrogen-bond donors (Lipinski definition) is 0. The van der Waals surface area contributed by atoms with Crippen molar-refractivity contribution < 1.29 is 28.6 Å². The van der Waals surface area contributed by atoms with E-state index in [1.54, 1.807) is 0 Å². The molecule has 0 aromatic heterocycles. The largest absolute Gasteiger partial charge is 0.458 e. The van der Waals surface area contributed by atoms with Crippen LogP contribution in [0.1, 0.15) is 40.5 Å². The molecule has 1 amide bonds. The van der Waals surface area contributed by atoms with Crippen LogP contribution in [0, 0.1) is 0 Å². The fourth-order valence-electron chi connectivity index (χ4n) is 1.83. The second kappa shape index (κ2) is 7.99. The monoisotopic (exact) mass is 327 g/mol. The maximum Gasteiger partial charge on any atom is 0.410 e.